The lowest BCUT2D eigenvalue weighted by Gasteiger charge is -2.39. The summed E-state index contributed by atoms with van der Waals surface area (Å²) in [5.74, 6) is 0.242. The maximum absolute atomic E-state index is 12.1. The lowest BCUT2D eigenvalue weighted by molar-refractivity contribution is -0.139. The molecule has 3 nitrogen and oxygen atoms in total. The molecule has 0 radical (unpaired) electrons. The van der Waals surface area contributed by atoms with Crippen molar-refractivity contribution in [2.75, 3.05) is 13.6 Å². The Hall–Kier alpha value is -1.04. The van der Waals surface area contributed by atoms with Crippen LogP contribution in [0.2, 0.25) is 0 Å². The SMILES string of the molecule is CN(CC#N)C(=O)C1CCCCC1(C)C. The minimum atomic E-state index is 0.0963. The van der Waals surface area contributed by atoms with E-state index in [9.17, 15) is 4.79 Å². The Labute approximate surface area is 92.1 Å². The maximum Gasteiger partial charge on any atom is 0.226 e. The van der Waals surface area contributed by atoms with Gasteiger partial charge in [-0.2, -0.15) is 5.26 Å². The van der Waals surface area contributed by atoms with Crippen LogP contribution in [0.25, 0.3) is 0 Å². The van der Waals surface area contributed by atoms with Crippen LogP contribution in [0.5, 0.6) is 0 Å². The van der Waals surface area contributed by atoms with Crippen molar-refractivity contribution in [2.45, 2.75) is 39.5 Å². The van der Waals surface area contributed by atoms with Crippen molar-refractivity contribution in [3.05, 3.63) is 0 Å². The van der Waals surface area contributed by atoms with Gasteiger partial charge in [0.1, 0.15) is 6.54 Å². The molecule has 1 fully saturated rings. The Bertz CT molecular complexity index is 278. The molecule has 1 aliphatic carbocycles. The number of carbonyl (C=O) groups excluding carboxylic acids is 1. The van der Waals surface area contributed by atoms with Gasteiger partial charge in [0.2, 0.25) is 5.91 Å². The molecule has 1 unspecified atom stereocenters. The quantitative estimate of drug-likeness (QED) is 0.653. The van der Waals surface area contributed by atoms with Crippen LogP contribution in [0.3, 0.4) is 0 Å². The second-order valence-corrected chi connectivity index (χ2v) is 5.14. The molecule has 0 bridgehead atoms. The van der Waals surface area contributed by atoms with Gasteiger partial charge in [0.05, 0.1) is 6.07 Å². The number of rotatable bonds is 2. The van der Waals surface area contributed by atoms with Crippen molar-refractivity contribution in [3.8, 4) is 6.07 Å². The molecule has 0 heterocycles. The highest BCUT2D eigenvalue weighted by Crippen LogP contribution is 2.41. The van der Waals surface area contributed by atoms with E-state index in [-0.39, 0.29) is 23.8 Å². The average Bonchev–Trinajstić information content (AvgIpc) is 2.16. The van der Waals surface area contributed by atoms with Crippen LogP contribution in [0.15, 0.2) is 0 Å². The van der Waals surface area contributed by atoms with Gasteiger partial charge >= 0.3 is 0 Å². The first kappa shape index (κ1) is 12.0. The Morgan fingerprint density at radius 1 is 1.53 bits per heavy atom. The second-order valence-electron chi connectivity index (χ2n) is 5.14. The molecule has 1 amide bonds. The molecule has 84 valence electrons. The van der Waals surface area contributed by atoms with Crippen LogP contribution in [0, 0.1) is 22.7 Å². The molecule has 1 aliphatic rings. The van der Waals surface area contributed by atoms with Crippen molar-refractivity contribution in [1.29, 1.82) is 5.26 Å². The van der Waals surface area contributed by atoms with Gasteiger partial charge in [0.25, 0.3) is 0 Å². The summed E-state index contributed by atoms with van der Waals surface area (Å²) in [6.45, 7) is 4.52. The molecule has 0 saturated heterocycles. The smallest absolute Gasteiger partial charge is 0.226 e. The molecular weight excluding hydrogens is 188 g/mol. The Balaban J connectivity index is 2.69. The number of amides is 1. The molecule has 15 heavy (non-hydrogen) atoms. The predicted molar refractivity (Wildman–Crippen MR) is 59.0 cm³/mol. The third-order valence-electron chi connectivity index (χ3n) is 3.49. The number of hydrogen-bond donors (Lipinski definition) is 0. The van der Waals surface area contributed by atoms with E-state index < -0.39 is 0 Å². The molecule has 1 atom stereocenters. The van der Waals surface area contributed by atoms with E-state index in [2.05, 4.69) is 13.8 Å². The number of nitriles is 1. The monoisotopic (exact) mass is 208 g/mol. The molecule has 0 aliphatic heterocycles. The predicted octanol–water partition coefficient (Wildman–Crippen LogP) is 2.18. The molecule has 3 heteroatoms. The lowest BCUT2D eigenvalue weighted by atomic mass is 9.68. The Kier molecular flexibility index (Phi) is 3.73. The van der Waals surface area contributed by atoms with Crippen molar-refractivity contribution < 1.29 is 4.79 Å². The molecule has 0 aromatic heterocycles. The minimum Gasteiger partial charge on any atom is -0.332 e. The topological polar surface area (TPSA) is 44.1 Å². The first-order chi connectivity index (χ1) is 6.99. The third-order valence-corrected chi connectivity index (χ3v) is 3.49. The zero-order valence-corrected chi connectivity index (χ0v) is 9.92. The second kappa shape index (κ2) is 4.65. The summed E-state index contributed by atoms with van der Waals surface area (Å²) in [4.78, 5) is 13.6. The number of hydrogen-bond acceptors (Lipinski definition) is 2. The molecule has 0 spiro atoms. The molecule has 0 aromatic rings. The van der Waals surface area contributed by atoms with Gasteiger partial charge in [-0.1, -0.05) is 26.7 Å². The van der Waals surface area contributed by atoms with Crippen molar-refractivity contribution in [1.82, 2.24) is 4.90 Å². The van der Waals surface area contributed by atoms with Crippen LogP contribution in [-0.2, 0) is 4.79 Å². The first-order valence-corrected chi connectivity index (χ1v) is 5.61. The highest BCUT2D eigenvalue weighted by molar-refractivity contribution is 5.79. The normalized spacial score (nSPS) is 24.3. The maximum atomic E-state index is 12.1. The Morgan fingerprint density at radius 2 is 2.20 bits per heavy atom. The lowest BCUT2D eigenvalue weighted by Crippen LogP contribution is -2.42. The van der Waals surface area contributed by atoms with Crippen LogP contribution in [0.4, 0.5) is 0 Å². The molecule has 1 rings (SSSR count). The molecule has 0 N–H and O–H groups in total. The number of carbonyl (C=O) groups is 1. The van der Waals surface area contributed by atoms with Gasteiger partial charge in [0.15, 0.2) is 0 Å². The summed E-state index contributed by atoms with van der Waals surface area (Å²) in [6.07, 6.45) is 4.45. The van der Waals surface area contributed by atoms with E-state index in [4.69, 9.17) is 5.26 Å². The van der Waals surface area contributed by atoms with Gasteiger partial charge in [-0.25, -0.2) is 0 Å². The first-order valence-electron chi connectivity index (χ1n) is 5.61. The average molecular weight is 208 g/mol. The van der Waals surface area contributed by atoms with E-state index >= 15 is 0 Å². The van der Waals surface area contributed by atoms with Crippen LogP contribution in [-0.4, -0.2) is 24.4 Å². The van der Waals surface area contributed by atoms with Gasteiger partial charge in [-0.05, 0) is 18.3 Å². The summed E-state index contributed by atoms with van der Waals surface area (Å²) in [5, 5.41) is 8.57. The fourth-order valence-corrected chi connectivity index (χ4v) is 2.40. The van der Waals surface area contributed by atoms with E-state index in [1.807, 2.05) is 6.07 Å². The van der Waals surface area contributed by atoms with Gasteiger partial charge in [-0.3, -0.25) is 4.79 Å². The fraction of sp³-hybridized carbons (Fsp3) is 0.833. The summed E-state index contributed by atoms with van der Waals surface area (Å²) >= 11 is 0. The summed E-state index contributed by atoms with van der Waals surface area (Å²) < 4.78 is 0. The van der Waals surface area contributed by atoms with E-state index in [0.29, 0.717) is 0 Å². The van der Waals surface area contributed by atoms with Gasteiger partial charge < -0.3 is 4.90 Å². The van der Waals surface area contributed by atoms with E-state index in [0.717, 1.165) is 19.3 Å². The minimum absolute atomic E-state index is 0.0963. The molecule has 0 aromatic carbocycles. The standard InChI is InChI=1S/C12H20N2O/c1-12(2)7-5-4-6-10(12)11(15)14(3)9-8-13/h10H,4-7,9H2,1-3H3. The number of nitrogens with zero attached hydrogens (tertiary/aromatic N) is 2. The third kappa shape index (κ3) is 2.71. The van der Waals surface area contributed by atoms with E-state index in [1.165, 1.54) is 6.42 Å². The molecular formula is C12H20N2O. The van der Waals surface area contributed by atoms with Crippen molar-refractivity contribution in [2.24, 2.45) is 11.3 Å². The van der Waals surface area contributed by atoms with Crippen molar-refractivity contribution >= 4 is 5.91 Å². The zero-order valence-electron chi connectivity index (χ0n) is 9.92. The van der Waals surface area contributed by atoms with Crippen molar-refractivity contribution in [3.63, 3.8) is 0 Å². The largest absolute Gasteiger partial charge is 0.332 e. The summed E-state index contributed by atoms with van der Waals surface area (Å²) in [6, 6.07) is 2.02. The molecule has 1 saturated carbocycles. The van der Waals surface area contributed by atoms with Crippen LogP contribution < -0.4 is 0 Å². The summed E-state index contributed by atoms with van der Waals surface area (Å²) in [5.41, 5.74) is 0.0963. The highest BCUT2D eigenvalue weighted by atomic mass is 16.2. The van der Waals surface area contributed by atoms with Gasteiger partial charge in [0, 0.05) is 13.0 Å². The summed E-state index contributed by atoms with van der Waals surface area (Å²) in [7, 11) is 1.72. The van der Waals surface area contributed by atoms with Crippen LogP contribution >= 0.6 is 0 Å². The Morgan fingerprint density at radius 3 is 2.73 bits per heavy atom. The zero-order chi connectivity index (χ0) is 11.5. The van der Waals surface area contributed by atoms with Crippen LogP contribution in [0.1, 0.15) is 39.5 Å². The van der Waals surface area contributed by atoms with Gasteiger partial charge in [-0.15, -0.1) is 0 Å². The fourth-order valence-electron chi connectivity index (χ4n) is 2.40. The van der Waals surface area contributed by atoms with E-state index in [1.54, 1.807) is 11.9 Å². The highest BCUT2D eigenvalue weighted by Gasteiger charge is 2.38.